The van der Waals surface area contributed by atoms with Crippen molar-refractivity contribution < 1.29 is 19.4 Å². The molecule has 4 nitrogen and oxygen atoms in total. The molecule has 0 aromatic carbocycles. The first-order valence-corrected chi connectivity index (χ1v) is 5.11. The van der Waals surface area contributed by atoms with E-state index >= 15 is 0 Å². The molecule has 0 atom stereocenters. The van der Waals surface area contributed by atoms with E-state index in [1.165, 1.54) is 0 Å². The maximum atomic E-state index is 10.8. The third-order valence-electron chi connectivity index (χ3n) is 1.71. The summed E-state index contributed by atoms with van der Waals surface area (Å²) in [7, 11) is 0. The van der Waals surface area contributed by atoms with Crippen LogP contribution in [0, 0.1) is 0 Å². The first-order chi connectivity index (χ1) is 5.71. The SMILES string of the molecule is CSCCC1(C(=O)O)OCCO1.[CaH2]. The van der Waals surface area contributed by atoms with Crippen molar-refractivity contribution >= 4 is 55.5 Å². The molecule has 1 heterocycles. The van der Waals surface area contributed by atoms with Gasteiger partial charge >= 0.3 is 43.7 Å². The van der Waals surface area contributed by atoms with Crippen LogP contribution in [0.4, 0.5) is 0 Å². The summed E-state index contributed by atoms with van der Waals surface area (Å²) in [4.78, 5) is 10.8. The van der Waals surface area contributed by atoms with E-state index < -0.39 is 11.8 Å². The molecular formula is C7H14CaO4S. The number of hydrogen-bond donors (Lipinski definition) is 1. The number of carbonyl (C=O) groups is 1. The minimum absolute atomic E-state index is 0. The van der Waals surface area contributed by atoms with Gasteiger partial charge in [-0.25, -0.2) is 4.79 Å². The van der Waals surface area contributed by atoms with Crippen molar-refractivity contribution in [1.82, 2.24) is 0 Å². The molecule has 1 rings (SSSR count). The summed E-state index contributed by atoms with van der Waals surface area (Å²) in [6.45, 7) is 0.751. The molecule has 1 aliphatic heterocycles. The molecule has 74 valence electrons. The van der Waals surface area contributed by atoms with Crippen LogP contribution in [0.25, 0.3) is 0 Å². The molecule has 0 spiro atoms. The van der Waals surface area contributed by atoms with Gasteiger partial charge < -0.3 is 14.6 Å². The second kappa shape index (κ2) is 6.48. The van der Waals surface area contributed by atoms with Gasteiger partial charge in [-0.3, -0.25) is 0 Å². The van der Waals surface area contributed by atoms with E-state index in [0.717, 1.165) is 5.75 Å². The Morgan fingerprint density at radius 1 is 1.54 bits per heavy atom. The second-order valence-corrected chi connectivity index (χ2v) is 3.48. The van der Waals surface area contributed by atoms with Gasteiger partial charge in [0, 0.05) is 6.42 Å². The van der Waals surface area contributed by atoms with Gasteiger partial charge in [0.1, 0.15) is 0 Å². The van der Waals surface area contributed by atoms with Crippen molar-refractivity contribution in [3.8, 4) is 0 Å². The maximum absolute atomic E-state index is 10.8. The van der Waals surface area contributed by atoms with Crippen molar-refractivity contribution in [3.63, 3.8) is 0 Å². The second-order valence-electron chi connectivity index (χ2n) is 2.50. The summed E-state index contributed by atoms with van der Waals surface area (Å²) in [6.07, 6.45) is 2.33. The van der Waals surface area contributed by atoms with E-state index in [4.69, 9.17) is 14.6 Å². The molecule has 6 heteroatoms. The first-order valence-electron chi connectivity index (χ1n) is 3.71. The molecule has 1 N–H and O–H groups in total. The zero-order chi connectivity index (χ0) is 9.03. The molecule has 13 heavy (non-hydrogen) atoms. The van der Waals surface area contributed by atoms with Crippen LogP contribution < -0.4 is 0 Å². The molecule has 0 unspecified atom stereocenters. The fourth-order valence-corrected chi connectivity index (χ4v) is 1.54. The van der Waals surface area contributed by atoms with Crippen LogP contribution in [0.15, 0.2) is 0 Å². The van der Waals surface area contributed by atoms with Gasteiger partial charge in [-0.2, -0.15) is 11.8 Å². The van der Waals surface area contributed by atoms with E-state index in [9.17, 15) is 4.79 Å². The Kier molecular flexibility index (Phi) is 6.98. The number of carboxylic acids is 1. The Balaban J connectivity index is 0.00000144. The molecule has 0 aliphatic carbocycles. The summed E-state index contributed by atoms with van der Waals surface area (Å²) < 4.78 is 10.1. The van der Waals surface area contributed by atoms with E-state index in [1.807, 2.05) is 6.26 Å². The Labute approximate surface area is 111 Å². The Morgan fingerprint density at radius 2 is 2.08 bits per heavy atom. The molecule has 0 saturated carbocycles. The Hall–Kier alpha value is 1.000. The molecule has 1 aliphatic rings. The van der Waals surface area contributed by atoms with Crippen LogP contribution in [0.5, 0.6) is 0 Å². The third kappa shape index (κ3) is 3.57. The summed E-state index contributed by atoms with van der Waals surface area (Å²) in [6, 6.07) is 0. The first kappa shape index (κ1) is 14.0. The number of thioether (sulfide) groups is 1. The average Bonchev–Trinajstić information content (AvgIpc) is 2.50. The molecule has 1 fully saturated rings. The van der Waals surface area contributed by atoms with Gasteiger partial charge in [0.2, 0.25) is 0 Å². The summed E-state index contributed by atoms with van der Waals surface area (Å²) >= 11 is 1.58. The molecule has 1 saturated heterocycles. The van der Waals surface area contributed by atoms with E-state index in [2.05, 4.69) is 0 Å². The number of rotatable bonds is 4. The number of hydrogen-bond acceptors (Lipinski definition) is 4. The zero-order valence-electron chi connectivity index (χ0n) is 6.91. The topological polar surface area (TPSA) is 55.8 Å². The fraction of sp³-hybridized carbons (Fsp3) is 0.857. The van der Waals surface area contributed by atoms with Crippen LogP contribution in [0.1, 0.15) is 6.42 Å². The van der Waals surface area contributed by atoms with Crippen LogP contribution in [-0.2, 0) is 14.3 Å². The fourth-order valence-electron chi connectivity index (χ4n) is 1.07. The quantitative estimate of drug-likeness (QED) is 0.674. The van der Waals surface area contributed by atoms with Gasteiger partial charge in [-0.05, 0) is 12.0 Å². The third-order valence-corrected chi connectivity index (χ3v) is 2.33. The van der Waals surface area contributed by atoms with E-state index in [-0.39, 0.29) is 37.7 Å². The van der Waals surface area contributed by atoms with Crippen molar-refractivity contribution in [2.45, 2.75) is 12.2 Å². The van der Waals surface area contributed by atoms with Gasteiger partial charge in [-0.1, -0.05) is 0 Å². The van der Waals surface area contributed by atoms with E-state index in [0.29, 0.717) is 19.6 Å². The molecule has 0 aromatic heterocycles. The summed E-state index contributed by atoms with van der Waals surface area (Å²) in [5.41, 5.74) is 0. The standard InChI is InChI=1S/C7H12O4S.Ca.2H/c1-12-5-2-7(6(8)9)10-3-4-11-7;;;/h2-5H2,1H3,(H,8,9);;;. The molecule has 0 aromatic rings. The molecule has 0 radical (unpaired) electrons. The summed E-state index contributed by atoms with van der Waals surface area (Å²) in [5, 5.41) is 8.83. The van der Waals surface area contributed by atoms with Gasteiger partial charge in [0.05, 0.1) is 13.2 Å². The Bertz CT molecular complexity index is 170. The van der Waals surface area contributed by atoms with Crippen LogP contribution in [-0.4, -0.2) is 79.8 Å². The zero-order valence-corrected chi connectivity index (χ0v) is 7.73. The molecular weight excluding hydrogens is 220 g/mol. The Morgan fingerprint density at radius 3 is 2.46 bits per heavy atom. The van der Waals surface area contributed by atoms with Crippen molar-refractivity contribution in [2.75, 3.05) is 25.2 Å². The minimum atomic E-state index is -1.36. The van der Waals surface area contributed by atoms with Crippen LogP contribution >= 0.6 is 11.8 Å². The van der Waals surface area contributed by atoms with Crippen molar-refractivity contribution in [2.24, 2.45) is 0 Å². The van der Waals surface area contributed by atoms with Gasteiger partial charge in [-0.15, -0.1) is 0 Å². The predicted octanol–water partition coefficient (Wildman–Crippen LogP) is -0.349. The van der Waals surface area contributed by atoms with Crippen molar-refractivity contribution in [1.29, 1.82) is 0 Å². The van der Waals surface area contributed by atoms with Crippen molar-refractivity contribution in [3.05, 3.63) is 0 Å². The van der Waals surface area contributed by atoms with Gasteiger partial charge in [0.25, 0.3) is 5.79 Å². The average molecular weight is 234 g/mol. The predicted molar refractivity (Wildman–Crippen MR) is 53.8 cm³/mol. The van der Waals surface area contributed by atoms with Gasteiger partial charge in [0.15, 0.2) is 0 Å². The number of carboxylic acid groups (broad SMARTS) is 1. The molecule has 0 bridgehead atoms. The van der Waals surface area contributed by atoms with Crippen LogP contribution in [0.2, 0.25) is 0 Å². The van der Waals surface area contributed by atoms with E-state index in [1.54, 1.807) is 11.8 Å². The number of ether oxygens (including phenoxy) is 2. The summed E-state index contributed by atoms with van der Waals surface area (Å²) in [5.74, 6) is -1.65. The monoisotopic (exact) mass is 234 g/mol. The number of aliphatic carboxylic acids is 1. The molecule has 0 amide bonds. The normalized spacial score (nSPS) is 19.5. The van der Waals surface area contributed by atoms with Crippen LogP contribution in [0.3, 0.4) is 0 Å².